The number of phenols is 2. The number of benzene rings is 2. The van der Waals surface area contributed by atoms with Gasteiger partial charge in [0.1, 0.15) is 27.7 Å². The number of aromatic nitrogens is 1. The van der Waals surface area contributed by atoms with Crippen molar-refractivity contribution in [2.75, 3.05) is 38.4 Å². The van der Waals surface area contributed by atoms with Crippen LogP contribution in [-0.4, -0.2) is 48.7 Å². The fraction of sp³-hybridized carbons (Fsp3) is 0.286. The zero-order valence-corrected chi connectivity index (χ0v) is 18.6. The van der Waals surface area contributed by atoms with Gasteiger partial charge in [0, 0.05) is 24.8 Å². The molecule has 0 atom stereocenters. The molecule has 1 heterocycles. The Balaban J connectivity index is 1.80. The molecule has 0 aliphatic carbocycles. The maximum absolute atomic E-state index is 12.1. The van der Waals surface area contributed by atoms with E-state index in [1.807, 2.05) is 26.1 Å². The number of halogens is 2. The van der Waals surface area contributed by atoms with E-state index in [-0.39, 0.29) is 22.6 Å². The molecule has 0 amide bonds. The van der Waals surface area contributed by atoms with Crippen LogP contribution in [0.3, 0.4) is 0 Å². The van der Waals surface area contributed by atoms with Crippen LogP contribution in [0.2, 0.25) is 0 Å². The minimum atomic E-state index is -0.468. The largest absolute Gasteiger partial charge is 0.507 e. The Morgan fingerprint density at radius 3 is 2.79 bits per heavy atom. The Kier molecular flexibility index (Phi) is 7.10. The highest BCUT2D eigenvalue weighted by Crippen LogP contribution is 2.37. The van der Waals surface area contributed by atoms with Gasteiger partial charge < -0.3 is 19.8 Å². The van der Waals surface area contributed by atoms with Gasteiger partial charge in [-0.1, -0.05) is 0 Å². The number of aryl methyl sites for hydroxylation is 1. The Labute approximate surface area is 181 Å². The number of likely N-dealkylation sites (N-methyl/N-ethyl adjacent to an activating group) is 1. The number of ether oxygens (including phenoxy) is 1. The fourth-order valence-corrected chi connectivity index (χ4v) is 4.16. The van der Waals surface area contributed by atoms with Crippen molar-refractivity contribution in [3.05, 3.63) is 44.9 Å². The van der Waals surface area contributed by atoms with Gasteiger partial charge >= 0.3 is 0 Å². The van der Waals surface area contributed by atoms with Crippen molar-refractivity contribution >= 4 is 55.3 Å². The van der Waals surface area contributed by atoms with Crippen LogP contribution in [0.1, 0.15) is 16.1 Å². The lowest BCUT2D eigenvalue weighted by molar-refractivity contribution is 0.125. The van der Waals surface area contributed by atoms with E-state index in [1.54, 1.807) is 23.5 Å². The van der Waals surface area contributed by atoms with Crippen LogP contribution in [0, 0.1) is 6.92 Å². The normalized spacial score (nSPS) is 11.6. The SMILES string of the molecule is Cc1cc2nc(/C=C/c3ccc(O)c(Br)c3O)sc2cc1N(C)CCOCCF. The maximum Gasteiger partial charge on any atom is 0.140 e. The molecular formula is C21H22BrFN2O3S. The second-order valence-electron chi connectivity index (χ2n) is 6.55. The van der Waals surface area contributed by atoms with Gasteiger partial charge in [-0.05, 0) is 64.8 Å². The van der Waals surface area contributed by atoms with Crippen molar-refractivity contribution in [2.24, 2.45) is 0 Å². The van der Waals surface area contributed by atoms with Crippen LogP contribution in [0.15, 0.2) is 28.7 Å². The average Bonchev–Trinajstić information content (AvgIpc) is 3.09. The number of phenolic OH excluding ortho intramolecular Hbond substituents is 2. The molecule has 0 saturated heterocycles. The lowest BCUT2D eigenvalue weighted by atomic mass is 10.1. The minimum absolute atomic E-state index is 0.0122. The summed E-state index contributed by atoms with van der Waals surface area (Å²) in [6.07, 6.45) is 3.60. The van der Waals surface area contributed by atoms with Crippen LogP contribution in [-0.2, 0) is 4.74 Å². The Hall–Kier alpha value is -2.16. The molecular weight excluding hydrogens is 459 g/mol. The summed E-state index contributed by atoms with van der Waals surface area (Å²) < 4.78 is 18.7. The van der Waals surface area contributed by atoms with Crippen LogP contribution in [0.5, 0.6) is 11.5 Å². The van der Waals surface area contributed by atoms with E-state index in [1.165, 1.54) is 6.07 Å². The molecule has 0 saturated carbocycles. The molecule has 0 bridgehead atoms. The number of thiazole rings is 1. The van der Waals surface area contributed by atoms with Crippen molar-refractivity contribution in [1.29, 1.82) is 0 Å². The van der Waals surface area contributed by atoms with Gasteiger partial charge in [-0.2, -0.15) is 0 Å². The van der Waals surface area contributed by atoms with Crippen molar-refractivity contribution in [3.8, 4) is 11.5 Å². The summed E-state index contributed by atoms with van der Waals surface area (Å²) in [4.78, 5) is 6.74. The van der Waals surface area contributed by atoms with E-state index in [2.05, 4.69) is 31.9 Å². The van der Waals surface area contributed by atoms with Crippen LogP contribution < -0.4 is 4.90 Å². The van der Waals surface area contributed by atoms with Crippen molar-refractivity contribution in [2.45, 2.75) is 6.92 Å². The summed E-state index contributed by atoms with van der Waals surface area (Å²) in [5, 5.41) is 20.5. The van der Waals surface area contributed by atoms with Crippen molar-refractivity contribution in [3.63, 3.8) is 0 Å². The maximum atomic E-state index is 12.1. The summed E-state index contributed by atoms with van der Waals surface area (Å²) in [7, 11) is 1.99. The molecule has 2 aromatic carbocycles. The Morgan fingerprint density at radius 2 is 2.03 bits per heavy atom. The number of hydrogen-bond acceptors (Lipinski definition) is 6. The topological polar surface area (TPSA) is 65.8 Å². The third kappa shape index (κ3) is 5.07. The molecule has 154 valence electrons. The number of aromatic hydroxyl groups is 2. The van der Waals surface area contributed by atoms with Gasteiger partial charge in [0.15, 0.2) is 0 Å². The summed E-state index contributed by atoms with van der Waals surface area (Å²) in [6, 6.07) is 7.31. The molecule has 0 aliphatic heterocycles. The second-order valence-corrected chi connectivity index (χ2v) is 8.41. The van der Waals surface area contributed by atoms with Crippen LogP contribution >= 0.6 is 27.3 Å². The number of rotatable bonds is 8. The second kappa shape index (κ2) is 9.56. The zero-order valence-electron chi connectivity index (χ0n) is 16.2. The van der Waals surface area contributed by atoms with Crippen LogP contribution in [0.25, 0.3) is 22.4 Å². The van der Waals surface area contributed by atoms with E-state index in [0.717, 1.165) is 26.5 Å². The third-order valence-corrected chi connectivity index (χ3v) is 6.22. The molecule has 5 nitrogen and oxygen atoms in total. The monoisotopic (exact) mass is 480 g/mol. The van der Waals surface area contributed by atoms with E-state index >= 15 is 0 Å². The van der Waals surface area contributed by atoms with E-state index < -0.39 is 6.67 Å². The molecule has 0 fully saturated rings. The van der Waals surface area contributed by atoms with Crippen LogP contribution in [0.4, 0.5) is 10.1 Å². The molecule has 1 aromatic heterocycles. The lowest BCUT2D eigenvalue weighted by Crippen LogP contribution is -2.23. The number of hydrogen-bond donors (Lipinski definition) is 2. The molecule has 2 N–H and O–H groups in total. The molecule has 8 heteroatoms. The quantitative estimate of drug-likeness (QED) is 0.424. The molecule has 3 rings (SSSR count). The van der Waals surface area contributed by atoms with Gasteiger partial charge in [0.25, 0.3) is 0 Å². The molecule has 0 spiro atoms. The van der Waals surface area contributed by atoms with E-state index in [0.29, 0.717) is 18.7 Å². The van der Waals surface area contributed by atoms with Gasteiger partial charge in [-0.15, -0.1) is 11.3 Å². The van der Waals surface area contributed by atoms with Gasteiger partial charge in [-0.25, -0.2) is 9.37 Å². The van der Waals surface area contributed by atoms with E-state index in [4.69, 9.17) is 4.74 Å². The molecule has 0 aliphatic rings. The molecule has 3 aromatic rings. The smallest absolute Gasteiger partial charge is 0.140 e. The van der Waals surface area contributed by atoms with E-state index in [9.17, 15) is 14.6 Å². The number of nitrogens with zero attached hydrogens (tertiary/aromatic N) is 2. The molecule has 0 unspecified atom stereocenters. The number of alkyl halides is 1. The van der Waals surface area contributed by atoms with Gasteiger partial charge in [0.2, 0.25) is 0 Å². The summed E-state index contributed by atoms with van der Waals surface area (Å²) in [5.41, 5.74) is 3.68. The first-order chi connectivity index (χ1) is 13.9. The molecule has 0 radical (unpaired) electrons. The predicted molar refractivity (Wildman–Crippen MR) is 121 cm³/mol. The average molecular weight is 481 g/mol. The number of anilines is 1. The number of fused-ring (bicyclic) bond motifs is 1. The highest BCUT2D eigenvalue weighted by atomic mass is 79.9. The highest BCUT2D eigenvalue weighted by molar-refractivity contribution is 9.10. The van der Waals surface area contributed by atoms with Gasteiger partial charge in [0.05, 0.1) is 23.4 Å². The lowest BCUT2D eigenvalue weighted by Gasteiger charge is -2.21. The first-order valence-corrected chi connectivity index (χ1v) is 10.7. The summed E-state index contributed by atoms with van der Waals surface area (Å²) in [5.74, 6) is -0.0287. The third-order valence-electron chi connectivity index (χ3n) is 4.46. The minimum Gasteiger partial charge on any atom is -0.507 e. The highest BCUT2D eigenvalue weighted by Gasteiger charge is 2.11. The first kappa shape index (κ1) is 21.5. The van der Waals surface area contributed by atoms with Crippen molar-refractivity contribution < 1.29 is 19.3 Å². The Bertz CT molecular complexity index is 1040. The fourth-order valence-electron chi connectivity index (χ4n) is 2.91. The Morgan fingerprint density at radius 1 is 1.24 bits per heavy atom. The standard InChI is InChI=1S/C21H22BrFN2O3S/c1-13-11-15-18(12-16(13)25(2)8-10-28-9-7-23)29-19(24-15)6-4-14-3-5-17(26)20(22)21(14)27/h3-6,11-12,26-27H,7-10H2,1-2H3/b6-4+. The first-order valence-electron chi connectivity index (χ1n) is 9.05. The summed E-state index contributed by atoms with van der Waals surface area (Å²) >= 11 is 4.72. The van der Waals surface area contributed by atoms with Gasteiger partial charge in [-0.3, -0.25) is 0 Å². The molecule has 29 heavy (non-hydrogen) atoms. The van der Waals surface area contributed by atoms with Crippen molar-refractivity contribution in [1.82, 2.24) is 4.98 Å². The summed E-state index contributed by atoms with van der Waals surface area (Å²) in [6.45, 7) is 2.84. The zero-order chi connectivity index (χ0) is 21.0. The predicted octanol–water partition coefficient (Wildman–Crippen LogP) is 5.37.